The molecule has 1 aliphatic rings. The smallest absolute Gasteiger partial charge is 0.182 e. The van der Waals surface area contributed by atoms with E-state index in [0.717, 1.165) is 32.0 Å². The maximum atomic E-state index is 4.93. The summed E-state index contributed by atoms with van der Waals surface area (Å²) >= 11 is 0. The van der Waals surface area contributed by atoms with Gasteiger partial charge >= 0.3 is 0 Å². The molecule has 1 saturated heterocycles. The molecule has 1 aliphatic heterocycles. The summed E-state index contributed by atoms with van der Waals surface area (Å²) in [5, 5.41) is 0. The topological polar surface area (TPSA) is 32.5 Å². The molecule has 1 aromatic rings. The molecule has 12 heavy (non-hydrogen) atoms. The van der Waals surface area contributed by atoms with Crippen LogP contribution in [0, 0.1) is 0 Å². The summed E-state index contributed by atoms with van der Waals surface area (Å²) in [4.78, 5) is 8.66. The summed E-state index contributed by atoms with van der Waals surface area (Å²) in [6.45, 7) is 4.30. The molecule has 4 nitrogen and oxygen atoms in total. The lowest BCUT2D eigenvalue weighted by atomic mass is 10.3. The first-order valence-corrected chi connectivity index (χ1v) is 4.18. The molecule has 0 N–H and O–H groups in total. The molecule has 0 radical (unpaired) electrons. The Labute approximate surface area is 71.8 Å². The Bertz CT molecular complexity index is 226. The molecule has 0 amide bonds. The van der Waals surface area contributed by atoms with Crippen molar-refractivity contribution in [1.82, 2.24) is 9.88 Å². The van der Waals surface area contributed by atoms with E-state index in [-0.39, 0.29) is 0 Å². The lowest BCUT2D eigenvalue weighted by Gasteiger charge is -2.31. The molecule has 0 saturated carbocycles. The van der Waals surface area contributed by atoms with Gasteiger partial charge in [0.25, 0.3) is 0 Å². The van der Waals surface area contributed by atoms with Crippen molar-refractivity contribution in [2.45, 2.75) is 0 Å². The van der Waals surface area contributed by atoms with Crippen LogP contribution in [-0.4, -0.2) is 43.1 Å². The second-order valence-electron chi connectivity index (χ2n) is 3.14. The van der Waals surface area contributed by atoms with E-state index in [1.807, 2.05) is 0 Å². The Kier molecular flexibility index (Phi) is 1.99. The van der Waals surface area contributed by atoms with Gasteiger partial charge in [0.05, 0.1) is 0 Å². The number of piperazine rings is 1. The Morgan fingerprint density at radius 3 is 2.67 bits per heavy atom. The van der Waals surface area contributed by atoms with Crippen LogP contribution in [0.15, 0.2) is 17.1 Å². The molecule has 2 heterocycles. The molecule has 0 aromatic carbocycles. The number of hydrogen-bond donors (Lipinski definition) is 0. The molecule has 0 aliphatic carbocycles. The minimum absolute atomic E-state index is 0.961. The lowest BCUT2D eigenvalue weighted by Crippen LogP contribution is -2.44. The van der Waals surface area contributed by atoms with E-state index in [2.05, 4.69) is 21.8 Å². The molecule has 0 atom stereocenters. The minimum atomic E-state index is 0.961. The van der Waals surface area contributed by atoms with Gasteiger partial charge in [-0.15, -0.1) is 0 Å². The van der Waals surface area contributed by atoms with E-state index in [0.29, 0.717) is 0 Å². The fourth-order valence-electron chi connectivity index (χ4n) is 1.40. The van der Waals surface area contributed by atoms with Gasteiger partial charge in [0, 0.05) is 26.2 Å². The molecule has 0 spiro atoms. The lowest BCUT2D eigenvalue weighted by molar-refractivity contribution is 0.312. The maximum absolute atomic E-state index is 4.93. The maximum Gasteiger partial charge on any atom is 0.182 e. The van der Waals surface area contributed by atoms with Crippen LogP contribution in [0.25, 0.3) is 0 Å². The van der Waals surface area contributed by atoms with E-state index in [1.165, 1.54) is 6.39 Å². The highest BCUT2D eigenvalue weighted by atomic mass is 16.3. The van der Waals surface area contributed by atoms with Crippen LogP contribution in [0.1, 0.15) is 0 Å². The number of oxazole rings is 1. The number of anilines is 1. The van der Waals surface area contributed by atoms with Crippen LogP contribution in [0.3, 0.4) is 0 Å². The Balaban J connectivity index is 1.99. The fraction of sp³-hybridized carbons (Fsp3) is 0.625. The summed E-state index contributed by atoms with van der Waals surface area (Å²) in [6.07, 6.45) is 3.18. The average molecular weight is 167 g/mol. The van der Waals surface area contributed by atoms with Gasteiger partial charge in [0.1, 0.15) is 6.26 Å². The van der Waals surface area contributed by atoms with Crippen molar-refractivity contribution in [3.63, 3.8) is 0 Å². The van der Waals surface area contributed by atoms with Crippen LogP contribution in [0.4, 0.5) is 5.82 Å². The van der Waals surface area contributed by atoms with Crippen LogP contribution < -0.4 is 4.90 Å². The van der Waals surface area contributed by atoms with Gasteiger partial charge in [-0.05, 0) is 7.05 Å². The van der Waals surface area contributed by atoms with E-state index in [1.54, 1.807) is 6.26 Å². The number of hydrogen-bond acceptors (Lipinski definition) is 4. The summed E-state index contributed by atoms with van der Waals surface area (Å²) in [5.74, 6) is 0.961. The zero-order valence-corrected chi connectivity index (χ0v) is 7.23. The Hall–Kier alpha value is -1.03. The second kappa shape index (κ2) is 3.15. The monoisotopic (exact) mass is 167 g/mol. The van der Waals surface area contributed by atoms with Gasteiger partial charge in [-0.1, -0.05) is 0 Å². The van der Waals surface area contributed by atoms with Crippen molar-refractivity contribution in [1.29, 1.82) is 0 Å². The Morgan fingerprint density at radius 2 is 2.08 bits per heavy atom. The number of likely N-dealkylation sites (N-methyl/N-ethyl adjacent to an activating group) is 1. The SMILES string of the molecule is CN1CCN(c2cocn2)CC1. The molecule has 0 unspecified atom stereocenters. The van der Waals surface area contributed by atoms with Crippen LogP contribution in [-0.2, 0) is 0 Å². The van der Waals surface area contributed by atoms with Gasteiger partial charge < -0.3 is 14.2 Å². The molecule has 1 aromatic heterocycles. The predicted molar refractivity (Wildman–Crippen MR) is 46.2 cm³/mol. The summed E-state index contributed by atoms with van der Waals surface area (Å²) in [7, 11) is 2.14. The molecule has 66 valence electrons. The molecular formula is C8H13N3O. The molecule has 1 fully saturated rings. The highest BCUT2D eigenvalue weighted by Gasteiger charge is 2.15. The third kappa shape index (κ3) is 1.43. The third-order valence-corrected chi connectivity index (χ3v) is 2.25. The summed E-state index contributed by atoms with van der Waals surface area (Å²) in [6, 6.07) is 0. The van der Waals surface area contributed by atoms with Gasteiger partial charge in [0.2, 0.25) is 0 Å². The number of nitrogens with zero attached hydrogens (tertiary/aromatic N) is 3. The first kappa shape index (κ1) is 7.61. The van der Waals surface area contributed by atoms with E-state index < -0.39 is 0 Å². The molecule has 2 rings (SSSR count). The third-order valence-electron chi connectivity index (χ3n) is 2.25. The predicted octanol–water partition coefficient (Wildman–Crippen LogP) is 0.426. The normalized spacial score (nSPS) is 19.9. The summed E-state index contributed by atoms with van der Waals surface area (Å²) in [5.41, 5.74) is 0. The van der Waals surface area contributed by atoms with Crippen LogP contribution >= 0.6 is 0 Å². The summed E-state index contributed by atoms with van der Waals surface area (Å²) < 4.78 is 4.93. The first-order chi connectivity index (χ1) is 5.86. The Morgan fingerprint density at radius 1 is 1.33 bits per heavy atom. The van der Waals surface area contributed by atoms with E-state index in [4.69, 9.17) is 4.42 Å². The van der Waals surface area contributed by atoms with Crippen molar-refractivity contribution in [3.05, 3.63) is 12.7 Å². The van der Waals surface area contributed by atoms with Crippen LogP contribution in [0.2, 0.25) is 0 Å². The van der Waals surface area contributed by atoms with Gasteiger partial charge in [0.15, 0.2) is 12.2 Å². The van der Waals surface area contributed by atoms with Crippen molar-refractivity contribution in [2.24, 2.45) is 0 Å². The van der Waals surface area contributed by atoms with Gasteiger partial charge in [-0.3, -0.25) is 0 Å². The van der Waals surface area contributed by atoms with E-state index >= 15 is 0 Å². The zero-order valence-electron chi connectivity index (χ0n) is 7.23. The first-order valence-electron chi connectivity index (χ1n) is 4.18. The van der Waals surface area contributed by atoms with Crippen molar-refractivity contribution < 1.29 is 4.42 Å². The van der Waals surface area contributed by atoms with Crippen LogP contribution in [0.5, 0.6) is 0 Å². The highest BCUT2D eigenvalue weighted by molar-refractivity contribution is 5.34. The molecule has 0 bridgehead atoms. The highest BCUT2D eigenvalue weighted by Crippen LogP contribution is 2.11. The second-order valence-corrected chi connectivity index (χ2v) is 3.14. The fourth-order valence-corrected chi connectivity index (χ4v) is 1.40. The standard InChI is InChI=1S/C8H13N3O/c1-10-2-4-11(5-3-10)8-6-12-7-9-8/h6-7H,2-5H2,1H3. The minimum Gasteiger partial charge on any atom is -0.449 e. The number of rotatable bonds is 1. The van der Waals surface area contributed by atoms with Crippen molar-refractivity contribution in [3.8, 4) is 0 Å². The van der Waals surface area contributed by atoms with Gasteiger partial charge in [-0.25, -0.2) is 0 Å². The molecular weight excluding hydrogens is 154 g/mol. The largest absolute Gasteiger partial charge is 0.449 e. The average Bonchev–Trinajstić information content (AvgIpc) is 2.58. The van der Waals surface area contributed by atoms with Crippen molar-refractivity contribution >= 4 is 5.82 Å². The van der Waals surface area contributed by atoms with Gasteiger partial charge in [-0.2, -0.15) is 4.98 Å². The number of aromatic nitrogens is 1. The van der Waals surface area contributed by atoms with Crippen molar-refractivity contribution in [2.75, 3.05) is 38.1 Å². The quantitative estimate of drug-likeness (QED) is 0.607. The van der Waals surface area contributed by atoms with E-state index in [9.17, 15) is 0 Å². The zero-order chi connectivity index (χ0) is 8.39. The molecule has 4 heteroatoms.